The lowest BCUT2D eigenvalue weighted by Gasteiger charge is -2.17. The van der Waals surface area contributed by atoms with Gasteiger partial charge in [0.2, 0.25) is 0 Å². The van der Waals surface area contributed by atoms with Crippen LogP contribution in [0.5, 0.6) is 0 Å². The minimum atomic E-state index is -0.110. The van der Waals surface area contributed by atoms with Crippen molar-refractivity contribution in [2.75, 3.05) is 6.61 Å². The second-order valence-electron chi connectivity index (χ2n) is 4.60. The summed E-state index contributed by atoms with van der Waals surface area (Å²) in [6, 6.07) is 7.88. The van der Waals surface area contributed by atoms with Gasteiger partial charge in [0.15, 0.2) is 6.29 Å². The summed E-state index contributed by atoms with van der Waals surface area (Å²) in [5.74, 6) is 0. The lowest BCUT2D eigenvalue weighted by Crippen LogP contribution is -2.05. The molecule has 4 heteroatoms. The predicted octanol–water partition coefficient (Wildman–Crippen LogP) is 4.27. The summed E-state index contributed by atoms with van der Waals surface area (Å²) in [5, 5.41) is 2.71. The molecule has 3 rings (SSSR count). The number of ether oxygens (including phenoxy) is 1. The van der Waals surface area contributed by atoms with Crippen LogP contribution in [0.4, 0.5) is 0 Å². The first kappa shape index (κ1) is 12.9. The molecule has 2 heterocycles. The Morgan fingerprint density at radius 3 is 3.05 bits per heavy atom. The lowest BCUT2D eigenvalue weighted by atomic mass is 9.97. The second kappa shape index (κ2) is 5.45. The third-order valence-electron chi connectivity index (χ3n) is 3.32. The highest BCUT2D eigenvalue weighted by Gasteiger charge is 2.22. The van der Waals surface area contributed by atoms with Crippen LogP contribution < -0.4 is 0 Å². The molecule has 1 aliphatic heterocycles. The van der Waals surface area contributed by atoms with Crippen LogP contribution in [-0.4, -0.2) is 12.9 Å². The molecule has 0 radical (unpaired) electrons. The molecule has 0 saturated heterocycles. The van der Waals surface area contributed by atoms with Gasteiger partial charge in [-0.3, -0.25) is 4.79 Å². The van der Waals surface area contributed by atoms with Crippen LogP contribution in [0.1, 0.15) is 38.9 Å². The van der Waals surface area contributed by atoms with Crippen molar-refractivity contribution in [2.24, 2.45) is 0 Å². The van der Waals surface area contributed by atoms with Crippen molar-refractivity contribution in [1.82, 2.24) is 0 Å². The number of rotatable bonds is 2. The Morgan fingerprint density at radius 2 is 2.26 bits per heavy atom. The molecule has 0 spiro atoms. The van der Waals surface area contributed by atoms with Gasteiger partial charge in [0.1, 0.15) is 6.10 Å². The minimum absolute atomic E-state index is 0.110. The molecule has 1 aliphatic rings. The van der Waals surface area contributed by atoms with Gasteiger partial charge in [-0.05, 0) is 53.1 Å². The van der Waals surface area contributed by atoms with E-state index in [9.17, 15) is 4.79 Å². The number of hydrogen-bond acceptors (Lipinski definition) is 3. The number of fused-ring (bicyclic) bond motifs is 1. The van der Waals surface area contributed by atoms with Crippen LogP contribution in [0.15, 0.2) is 29.6 Å². The van der Waals surface area contributed by atoms with E-state index in [1.54, 1.807) is 0 Å². The Labute approximate surface area is 121 Å². The van der Waals surface area contributed by atoms with E-state index >= 15 is 0 Å². The molecule has 0 amide bonds. The van der Waals surface area contributed by atoms with E-state index < -0.39 is 0 Å². The maximum Gasteiger partial charge on any atom is 0.160 e. The van der Waals surface area contributed by atoms with Gasteiger partial charge in [0, 0.05) is 11.6 Å². The van der Waals surface area contributed by atoms with E-state index in [-0.39, 0.29) is 6.10 Å². The fourth-order valence-electron chi connectivity index (χ4n) is 2.43. The van der Waals surface area contributed by atoms with Crippen molar-refractivity contribution < 1.29 is 9.53 Å². The van der Waals surface area contributed by atoms with Gasteiger partial charge in [-0.2, -0.15) is 0 Å². The lowest BCUT2D eigenvalue weighted by molar-refractivity contribution is 0.0845. The topological polar surface area (TPSA) is 26.3 Å². The molecule has 0 bridgehead atoms. The normalized spacial score (nSPS) is 18.7. The first-order valence-electron chi connectivity index (χ1n) is 6.21. The van der Waals surface area contributed by atoms with Crippen molar-refractivity contribution in [3.8, 4) is 0 Å². The van der Waals surface area contributed by atoms with Gasteiger partial charge in [0.25, 0.3) is 0 Å². The number of hydrogen-bond donors (Lipinski definition) is 0. The van der Waals surface area contributed by atoms with E-state index in [2.05, 4.69) is 6.07 Å². The van der Waals surface area contributed by atoms with Crippen LogP contribution in [0.3, 0.4) is 0 Å². The third-order valence-corrected chi connectivity index (χ3v) is 4.44. The number of carbonyl (C=O) groups is 1. The molecule has 19 heavy (non-hydrogen) atoms. The van der Waals surface area contributed by atoms with Gasteiger partial charge >= 0.3 is 0 Å². The molecule has 2 nitrogen and oxygen atoms in total. The van der Waals surface area contributed by atoms with E-state index in [1.165, 1.54) is 16.9 Å². The summed E-state index contributed by atoms with van der Waals surface area (Å²) >= 11 is 7.55. The molecular weight excluding hydrogens is 280 g/mol. The third kappa shape index (κ3) is 2.59. The first-order chi connectivity index (χ1) is 9.28. The first-order valence-corrected chi connectivity index (χ1v) is 7.47. The van der Waals surface area contributed by atoms with Crippen LogP contribution in [0.2, 0.25) is 5.02 Å². The molecule has 2 aromatic rings. The van der Waals surface area contributed by atoms with Crippen molar-refractivity contribution in [3.05, 3.63) is 56.2 Å². The predicted molar refractivity (Wildman–Crippen MR) is 77.3 cm³/mol. The highest BCUT2D eigenvalue weighted by atomic mass is 35.5. The van der Waals surface area contributed by atoms with Gasteiger partial charge in [-0.1, -0.05) is 17.7 Å². The Balaban J connectivity index is 2.06. The zero-order valence-corrected chi connectivity index (χ0v) is 11.8. The fraction of sp³-hybridized carbons (Fsp3) is 0.267. The van der Waals surface area contributed by atoms with E-state index in [4.69, 9.17) is 16.3 Å². The molecule has 1 aromatic carbocycles. The van der Waals surface area contributed by atoms with Gasteiger partial charge in [-0.15, -0.1) is 11.3 Å². The molecule has 0 fully saturated rings. The van der Waals surface area contributed by atoms with Crippen molar-refractivity contribution in [3.63, 3.8) is 0 Å². The molecule has 1 atom stereocenters. The fourth-order valence-corrected chi connectivity index (χ4v) is 3.34. The molecule has 98 valence electrons. The molecule has 0 aliphatic carbocycles. The van der Waals surface area contributed by atoms with E-state index in [0.29, 0.717) is 0 Å². The van der Waals surface area contributed by atoms with Crippen LogP contribution in [0, 0.1) is 0 Å². The average molecular weight is 293 g/mol. The quantitative estimate of drug-likeness (QED) is 0.773. The highest BCUT2D eigenvalue weighted by Crippen LogP contribution is 2.35. The maximum absolute atomic E-state index is 10.8. The molecule has 1 aromatic heterocycles. The summed E-state index contributed by atoms with van der Waals surface area (Å²) in [4.78, 5) is 11.5. The number of thiophene rings is 1. The van der Waals surface area contributed by atoms with Crippen molar-refractivity contribution in [2.45, 2.75) is 18.9 Å². The van der Waals surface area contributed by atoms with E-state index in [0.717, 1.165) is 46.8 Å². The van der Waals surface area contributed by atoms with Crippen LogP contribution >= 0.6 is 22.9 Å². The minimum Gasteiger partial charge on any atom is -0.369 e. The highest BCUT2D eigenvalue weighted by molar-refractivity contribution is 7.11. The van der Waals surface area contributed by atoms with Crippen molar-refractivity contribution >= 4 is 29.2 Å². The Hall–Kier alpha value is -1.16. The summed E-state index contributed by atoms with van der Waals surface area (Å²) in [6.07, 6.45) is 2.79. The summed E-state index contributed by atoms with van der Waals surface area (Å²) in [5.41, 5.74) is 3.45. The van der Waals surface area contributed by atoms with E-state index in [1.807, 2.05) is 23.6 Å². The number of carbonyl (C=O) groups excluding carboxylic acids is 1. The monoisotopic (exact) mass is 292 g/mol. The molecule has 0 N–H and O–H groups in total. The van der Waals surface area contributed by atoms with Gasteiger partial charge in [0.05, 0.1) is 4.88 Å². The summed E-state index contributed by atoms with van der Waals surface area (Å²) < 4.78 is 5.96. The maximum atomic E-state index is 10.8. The summed E-state index contributed by atoms with van der Waals surface area (Å²) in [6.45, 7) is 0.725. The zero-order chi connectivity index (χ0) is 13.2. The number of aldehydes is 1. The Bertz CT molecular complexity index is 606. The van der Waals surface area contributed by atoms with Crippen LogP contribution in [0.25, 0.3) is 0 Å². The molecule has 0 saturated carbocycles. The second-order valence-corrected chi connectivity index (χ2v) is 5.98. The van der Waals surface area contributed by atoms with Gasteiger partial charge in [-0.25, -0.2) is 0 Å². The standard InChI is InChI=1S/C15H13ClO2S/c16-12-4-3-10-2-1-5-18-15(14(10)7-12)11-6-13(8-17)19-9-11/h3-4,6-9,15H,1-2,5H2. The van der Waals surface area contributed by atoms with Crippen LogP contribution in [-0.2, 0) is 11.2 Å². The molecule has 1 unspecified atom stereocenters. The molecular formula is C15H13ClO2S. The largest absolute Gasteiger partial charge is 0.369 e. The number of halogens is 1. The number of benzene rings is 1. The smallest absolute Gasteiger partial charge is 0.160 e. The Kier molecular flexibility index (Phi) is 3.69. The van der Waals surface area contributed by atoms with Gasteiger partial charge < -0.3 is 4.74 Å². The Morgan fingerprint density at radius 1 is 1.37 bits per heavy atom. The summed E-state index contributed by atoms with van der Waals surface area (Å²) in [7, 11) is 0. The van der Waals surface area contributed by atoms with Crippen molar-refractivity contribution in [1.29, 1.82) is 0 Å². The average Bonchev–Trinajstić information content (AvgIpc) is 2.80. The SMILES string of the molecule is O=Cc1cc(C2OCCCc3ccc(Cl)cc32)cs1. The number of aryl methyl sites for hydroxylation is 1. The zero-order valence-electron chi connectivity index (χ0n) is 10.3.